The largest absolute Gasteiger partial charge is 0.385 e. The smallest absolute Gasteiger partial charge is 0.105 e. The molecule has 0 bridgehead atoms. The molecule has 98 valence electrons. The minimum atomic E-state index is 0.720. The number of nitrogens with one attached hydrogen (secondary N) is 1. The van der Waals surface area contributed by atoms with E-state index in [1.165, 1.54) is 5.69 Å². The summed E-state index contributed by atoms with van der Waals surface area (Å²) in [7, 11) is 3.65. The Bertz CT molecular complexity index is 313. The average Bonchev–Trinajstić information content (AvgIpc) is 2.66. The first kappa shape index (κ1) is 14.2. The molecule has 1 N–H and O–H groups in total. The van der Waals surface area contributed by atoms with E-state index in [1.54, 1.807) is 7.11 Å². The Hall–Kier alpha value is -0.910. The highest BCUT2D eigenvalue weighted by Gasteiger charge is 2.04. The summed E-state index contributed by atoms with van der Waals surface area (Å²) in [5, 5.41) is 3.14. The van der Waals surface area contributed by atoms with Crippen LogP contribution < -0.4 is 5.32 Å². The summed E-state index contributed by atoms with van der Waals surface area (Å²) >= 11 is 0. The van der Waals surface area contributed by atoms with Crippen molar-refractivity contribution >= 4 is 0 Å². The first-order valence-electron chi connectivity index (χ1n) is 6.02. The standard InChI is InChI=1S/C12H23N3O2/c1-11-14-10-12(9-13-2)15(11)5-8-17-7-4-6-16-3/h10,13H,4-9H2,1-3H3. The Kier molecular flexibility index (Phi) is 6.84. The summed E-state index contributed by atoms with van der Waals surface area (Å²) < 4.78 is 12.7. The molecule has 0 saturated carbocycles. The maximum absolute atomic E-state index is 5.55. The summed E-state index contributed by atoms with van der Waals surface area (Å²) in [5.74, 6) is 1.04. The number of aromatic nitrogens is 2. The molecule has 1 rings (SSSR count). The van der Waals surface area contributed by atoms with Crippen molar-refractivity contribution in [1.82, 2.24) is 14.9 Å². The molecular formula is C12H23N3O2. The average molecular weight is 241 g/mol. The third-order valence-electron chi connectivity index (χ3n) is 2.59. The van der Waals surface area contributed by atoms with Gasteiger partial charge in [-0.25, -0.2) is 4.98 Å². The van der Waals surface area contributed by atoms with Crippen LogP contribution in [0.4, 0.5) is 0 Å². The number of hydrogen-bond acceptors (Lipinski definition) is 4. The van der Waals surface area contributed by atoms with Crippen molar-refractivity contribution in [2.75, 3.05) is 34.0 Å². The van der Waals surface area contributed by atoms with E-state index in [1.807, 2.05) is 20.2 Å². The topological polar surface area (TPSA) is 48.3 Å². The molecule has 0 aromatic carbocycles. The first-order valence-corrected chi connectivity index (χ1v) is 6.02. The van der Waals surface area contributed by atoms with Crippen molar-refractivity contribution < 1.29 is 9.47 Å². The van der Waals surface area contributed by atoms with Gasteiger partial charge in [-0.3, -0.25) is 0 Å². The second-order valence-electron chi connectivity index (χ2n) is 3.94. The van der Waals surface area contributed by atoms with E-state index in [-0.39, 0.29) is 0 Å². The summed E-state index contributed by atoms with van der Waals surface area (Å²) in [5.41, 5.74) is 1.20. The fourth-order valence-electron chi connectivity index (χ4n) is 1.71. The van der Waals surface area contributed by atoms with E-state index in [0.717, 1.165) is 45.2 Å². The molecule has 5 heteroatoms. The third-order valence-corrected chi connectivity index (χ3v) is 2.59. The molecule has 0 radical (unpaired) electrons. The van der Waals surface area contributed by atoms with Gasteiger partial charge in [-0.1, -0.05) is 0 Å². The van der Waals surface area contributed by atoms with Gasteiger partial charge in [0.1, 0.15) is 5.82 Å². The monoisotopic (exact) mass is 241 g/mol. The van der Waals surface area contributed by atoms with Crippen molar-refractivity contribution in [2.45, 2.75) is 26.4 Å². The molecule has 1 heterocycles. The Morgan fingerprint density at radius 3 is 2.88 bits per heavy atom. The highest BCUT2D eigenvalue weighted by Crippen LogP contribution is 2.04. The highest BCUT2D eigenvalue weighted by molar-refractivity contribution is 5.04. The van der Waals surface area contributed by atoms with E-state index in [4.69, 9.17) is 9.47 Å². The molecule has 5 nitrogen and oxygen atoms in total. The molecule has 1 aromatic rings. The minimum absolute atomic E-state index is 0.720. The fourth-order valence-corrected chi connectivity index (χ4v) is 1.71. The molecule has 0 aliphatic heterocycles. The van der Waals surface area contributed by atoms with Gasteiger partial charge in [-0.05, 0) is 20.4 Å². The van der Waals surface area contributed by atoms with Crippen molar-refractivity contribution in [3.63, 3.8) is 0 Å². The van der Waals surface area contributed by atoms with Gasteiger partial charge in [0, 0.05) is 39.6 Å². The summed E-state index contributed by atoms with van der Waals surface area (Å²) in [6.07, 6.45) is 2.86. The van der Waals surface area contributed by atoms with Crippen LogP contribution in [0.15, 0.2) is 6.20 Å². The molecule has 17 heavy (non-hydrogen) atoms. The zero-order valence-corrected chi connectivity index (χ0v) is 11.0. The summed E-state index contributed by atoms with van der Waals surface area (Å²) in [6.45, 7) is 5.94. The van der Waals surface area contributed by atoms with Crippen LogP contribution in [0.1, 0.15) is 17.9 Å². The number of nitrogens with zero attached hydrogens (tertiary/aromatic N) is 2. The Morgan fingerprint density at radius 1 is 1.35 bits per heavy atom. The van der Waals surface area contributed by atoms with Gasteiger partial charge >= 0.3 is 0 Å². The van der Waals surface area contributed by atoms with Crippen LogP contribution in [0.25, 0.3) is 0 Å². The summed E-state index contributed by atoms with van der Waals surface area (Å²) in [4.78, 5) is 4.31. The zero-order valence-electron chi connectivity index (χ0n) is 11.0. The van der Waals surface area contributed by atoms with E-state index in [9.17, 15) is 0 Å². The third kappa shape index (κ3) is 4.85. The molecule has 0 fully saturated rings. The molecular weight excluding hydrogens is 218 g/mol. The Balaban J connectivity index is 2.27. The zero-order chi connectivity index (χ0) is 12.5. The SMILES string of the molecule is CNCc1cnc(C)n1CCOCCCOC. The lowest BCUT2D eigenvalue weighted by atomic mass is 10.4. The maximum Gasteiger partial charge on any atom is 0.105 e. The van der Waals surface area contributed by atoms with Crippen LogP contribution in [0, 0.1) is 6.92 Å². The van der Waals surface area contributed by atoms with Gasteiger partial charge < -0.3 is 19.4 Å². The Morgan fingerprint density at radius 2 is 2.18 bits per heavy atom. The van der Waals surface area contributed by atoms with E-state index in [2.05, 4.69) is 14.9 Å². The molecule has 0 spiro atoms. The number of ether oxygens (including phenoxy) is 2. The predicted octanol–water partition coefficient (Wildman–Crippen LogP) is 0.964. The van der Waals surface area contributed by atoms with Crippen molar-refractivity contribution in [3.05, 3.63) is 17.7 Å². The molecule has 0 amide bonds. The fraction of sp³-hybridized carbons (Fsp3) is 0.750. The molecule has 0 atom stereocenters. The van der Waals surface area contributed by atoms with Crippen LogP contribution >= 0.6 is 0 Å². The van der Waals surface area contributed by atoms with Gasteiger partial charge in [0.25, 0.3) is 0 Å². The van der Waals surface area contributed by atoms with Crippen LogP contribution in [0.3, 0.4) is 0 Å². The number of methoxy groups -OCH3 is 1. The van der Waals surface area contributed by atoms with Gasteiger partial charge in [0.15, 0.2) is 0 Å². The van der Waals surface area contributed by atoms with E-state index >= 15 is 0 Å². The van der Waals surface area contributed by atoms with Gasteiger partial charge in [-0.2, -0.15) is 0 Å². The van der Waals surface area contributed by atoms with Crippen LogP contribution in [-0.2, 0) is 22.6 Å². The first-order chi connectivity index (χ1) is 8.29. The van der Waals surface area contributed by atoms with Crippen LogP contribution in [0.5, 0.6) is 0 Å². The van der Waals surface area contributed by atoms with Gasteiger partial charge in [0.05, 0.1) is 12.3 Å². The number of rotatable bonds is 9. The van der Waals surface area contributed by atoms with Crippen molar-refractivity contribution in [3.8, 4) is 0 Å². The van der Waals surface area contributed by atoms with Crippen LogP contribution in [0.2, 0.25) is 0 Å². The number of hydrogen-bond donors (Lipinski definition) is 1. The molecule has 0 saturated heterocycles. The van der Waals surface area contributed by atoms with Crippen LogP contribution in [-0.4, -0.2) is 43.5 Å². The van der Waals surface area contributed by atoms with Gasteiger partial charge in [-0.15, -0.1) is 0 Å². The highest BCUT2D eigenvalue weighted by atomic mass is 16.5. The lowest BCUT2D eigenvalue weighted by molar-refractivity contribution is 0.0970. The normalized spacial score (nSPS) is 11.0. The second kappa shape index (κ2) is 8.22. The number of aryl methyl sites for hydroxylation is 1. The molecule has 0 aliphatic rings. The quantitative estimate of drug-likeness (QED) is 0.654. The Labute approximate surface area is 103 Å². The molecule has 1 aromatic heterocycles. The number of imidazole rings is 1. The summed E-state index contributed by atoms with van der Waals surface area (Å²) in [6, 6.07) is 0. The lowest BCUT2D eigenvalue weighted by Crippen LogP contribution is -2.15. The predicted molar refractivity (Wildman–Crippen MR) is 67.0 cm³/mol. The lowest BCUT2D eigenvalue weighted by Gasteiger charge is -2.10. The second-order valence-corrected chi connectivity index (χ2v) is 3.94. The maximum atomic E-state index is 5.55. The van der Waals surface area contributed by atoms with Crippen molar-refractivity contribution in [1.29, 1.82) is 0 Å². The van der Waals surface area contributed by atoms with E-state index < -0.39 is 0 Å². The molecule has 0 aliphatic carbocycles. The molecule has 0 unspecified atom stereocenters. The van der Waals surface area contributed by atoms with Crippen molar-refractivity contribution in [2.24, 2.45) is 0 Å². The minimum Gasteiger partial charge on any atom is -0.385 e. The van der Waals surface area contributed by atoms with Gasteiger partial charge in [0.2, 0.25) is 0 Å². The van der Waals surface area contributed by atoms with E-state index in [0.29, 0.717) is 0 Å².